The van der Waals surface area contributed by atoms with Crippen LogP contribution in [-0.2, 0) is 0 Å². The van der Waals surface area contributed by atoms with Crippen LogP contribution < -0.4 is 10.1 Å². The van der Waals surface area contributed by atoms with E-state index in [2.05, 4.69) is 60.1 Å². The summed E-state index contributed by atoms with van der Waals surface area (Å²) >= 11 is 3.49. The van der Waals surface area contributed by atoms with Crippen LogP contribution in [0.3, 0.4) is 0 Å². The van der Waals surface area contributed by atoms with Gasteiger partial charge in [0.05, 0.1) is 17.6 Å². The molecule has 2 unspecified atom stereocenters. The van der Waals surface area contributed by atoms with Crippen molar-refractivity contribution in [3.05, 3.63) is 28.2 Å². The van der Waals surface area contributed by atoms with Gasteiger partial charge in [-0.05, 0) is 46.5 Å². The van der Waals surface area contributed by atoms with Crippen LogP contribution in [0.2, 0.25) is 0 Å². The highest BCUT2D eigenvalue weighted by molar-refractivity contribution is 9.10. The molecule has 0 aliphatic heterocycles. The normalized spacial score (nSPS) is 14.1. The Kier molecular flexibility index (Phi) is 5.71. The van der Waals surface area contributed by atoms with E-state index in [-0.39, 0.29) is 12.1 Å². The van der Waals surface area contributed by atoms with Crippen molar-refractivity contribution >= 4 is 15.9 Å². The van der Waals surface area contributed by atoms with Gasteiger partial charge < -0.3 is 4.74 Å². The predicted octanol–water partition coefficient (Wildman–Crippen LogP) is 3.77. The fourth-order valence-corrected chi connectivity index (χ4v) is 2.31. The van der Waals surface area contributed by atoms with Crippen molar-refractivity contribution in [2.75, 3.05) is 7.11 Å². The highest BCUT2D eigenvalue weighted by atomic mass is 79.9. The van der Waals surface area contributed by atoms with E-state index >= 15 is 0 Å². The van der Waals surface area contributed by atoms with Crippen molar-refractivity contribution in [3.8, 4) is 18.1 Å². The second-order valence-electron chi connectivity index (χ2n) is 4.67. The summed E-state index contributed by atoms with van der Waals surface area (Å²) in [7, 11) is 1.66. The zero-order valence-corrected chi connectivity index (χ0v) is 12.9. The van der Waals surface area contributed by atoms with E-state index in [1.54, 1.807) is 7.11 Å². The molecule has 1 N–H and O–H groups in total. The van der Waals surface area contributed by atoms with E-state index in [9.17, 15) is 0 Å². The first kappa shape index (κ1) is 15.1. The molecule has 3 heteroatoms. The topological polar surface area (TPSA) is 21.3 Å². The molecule has 1 aromatic rings. The highest BCUT2D eigenvalue weighted by Crippen LogP contribution is 2.28. The lowest BCUT2D eigenvalue weighted by Gasteiger charge is -2.22. The minimum atomic E-state index is 0.0841. The Morgan fingerprint density at radius 2 is 2.00 bits per heavy atom. The Morgan fingerprint density at radius 1 is 1.33 bits per heavy atom. The molecule has 2 nitrogen and oxygen atoms in total. The van der Waals surface area contributed by atoms with Crippen LogP contribution in [0.15, 0.2) is 22.7 Å². The summed E-state index contributed by atoms with van der Waals surface area (Å²) in [5.74, 6) is 4.04. The molecule has 0 aliphatic carbocycles. The Morgan fingerprint density at radius 3 is 2.44 bits per heavy atom. The molecule has 18 heavy (non-hydrogen) atoms. The summed E-state index contributed by atoms with van der Waals surface area (Å²) in [6, 6.07) is 6.36. The van der Waals surface area contributed by atoms with Crippen LogP contribution in [0.1, 0.15) is 32.4 Å². The molecular weight excluding hydrogens is 290 g/mol. The van der Waals surface area contributed by atoms with Gasteiger partial charge in [0.1, 0.15) is 5.75 Å². The van der Waals surface area contributed by atoms with Crippen LogP contribution in [0.5, 0.6) is 5.75 Å². The number of hydrogen-bond acceptors (Lipinski definition) is 2. The maximum Gasteiger partial charge on any atom is 0.133 e. The molecule has 0 heterocycles. The molecule has 0 radical (unpaired) electrons. The summed E-state index contributed by atoms with van der Waals surface area (Å²) in [6.45, 7) is 6.35. The molecule has 2 atom stereocenters. The van der Waals surface area contributed by atoms with Crippen LogP contribution >= 0.6 is 15.9 Å². The third-order valence-electron chi connectivity index (χ3n) is 2.95. The lowest BCUT2D eigenvalue weighted by Crippen LogP contribution is -2.34. The number of halogens is 1. The molecule has 0 aliphatic rings. The van der Waals surface area contributed by atoms with Gasteiger partial charge in [-0.1, -0.05) is 25.8 Å². The van der Waals surface area contributed by atoms with Crippen molar-refractivity contribution in [2.24, 2.45) is 5.92 Å². The third kappa shape index (κ3) is 3.76. The number of ether oxygens (including phenoxy) is 1. The van der Waals surface area contributed by atoms with Crippen LogP contribution in [0.4, 0.5) is 0 Å². The Balaban J connectivity index is 2.82. The van der Waals surface area contributed by atoms with Gasteiger partial charge in [0.15, 0.2) is 0 Å². The van der Waals surface area contributed by atoms with E-state index in [1.165, 1.54) is 5.56 Å². The average Bonchev–Trinajstić information content (AvgIpc) is 2.35. The van der Waals surface area contributed by atoms with Crippen molar-refractivity contribution < 1.29 is 4.74 Å². The SMILES string of the molecule is C#CC(NC(C)c1ccc(OC)c(Br)c1)C(C)C. The molecule has 1 aromatic carbocycles. The lowest BCUT2D eigenvalue weighted by molar-refractivity contribution is 0.410. The van der Waals surface area contributed by atoms with Gasteiger partial charge >= 0.3 is 0 Å². The van der Waals surface area contributed by atoms with Crippen LogP contribution in [0, 0.1) is 18.3 Å². The maximum absolute atomic E-state index is 5.53. The van der Waals surface area contributed by atoms with Crippen molar-refractivity contribution in [3.63, 3.8) is 0 Å². The number of benzene rings is 1. The molecule has 0 bridgehead atoms. The standard InChI is InChI=1S/C15H20BrNO/c1-6-14(10(2)3)17-11(4)12-7-8-15(18-5)13(16)9-12/h1,7-11,14,17H,2-5H3. The Hall–Kier alpha value is -0.980. The molecule has 0 amide bonds. The van der Waals surface area contributed by atoms with Gasteiger partial charge in [0, 0.05) is 6.04 Å². The first-order valence-electron chi connectivity index (χ1n) is 6.05. The molecule has 98 valence electrons. The number of hydrogen-bond donors (Lipinski definition) is 1. The highest BCUT2D eigenvalue weighted by Gasteiger charge is 2.15. The molecule has 0 saturated heterocycles. The van der Waals surface area contributed by atoms with E-state index in [0.29, 0.717) is 5.92 Å². The molecule has 0 aromatic heterocycles. The van der Waals surface area contributed by atoms with Crippen molar-refractivity contribution in [1.82, 2.24) is 5.32 Å². The fourth-order valence-electron chi connectivity index (χ4n) is 1.75. The largest absolute Gasteiger partial charge is 0.496 e. The summed E-state index contributed by atoms with van der Waals surface area (Å²) in [5.41, 5.74) is 1.18. The first-order valence-corrected chi connectivity index (χ1v) is 6.84. The van der Waals surface area contributed by atoms with Gasteiger partial charge in [-0.25, -0.2) is 0 Å². The van der Waals surface area contributed by atoms with E-state index < -0.39 is 0 Å². The second kappa shape index (κ2) is 6.82. The van der Waals surface area contributed by atoms with Gasteiger partial charge in [-0.3, -0.25) is 5.32 Å². The summed E-state index contributed by atoms with van der Waals surface area (Å²) in [6.07, 6.45) is 5.53. The Bertz CT molecular complexity index is 437. The van der Waals surface area contributed by atoms with E-state index in [0.717, 1.165) is 10.2 Å². The van der Waals surface area contributed by atoms with Gasteiger partial charge in [0.2, 0.25) is 0 Å². The van der Waals surface area contributed by atoms with E-state index in [4.69, 9.17) is 11.2 Å². The summed E-state index contributed by atoms with van der Waals surface area (Å²) in [5, 5.41) is 3.45. The minimum absolute atomic E-state index is 0.0841. The van der Waals surface area contributed by atoms with E-state index in [1.807, 2.05) is 6.07 Å². The van der Waals surface area contributed by atoms with Crippen molar-refractivity contribution in [1.29, 1.82) is 0 Å². The van der Waals surface area contributed by atoms with Gasteiger partial charge in [-0.2, -0.15) is 0 Å². The Labute approximate surface area is 118 Å². The molecule has 1 rings (SSSR count). The number of methoxy groups -OCH3 is 1. The maximum atomic E-state index is 5.53. The van der Waals surface area contributed by atoms with Gasteiger partial charge in [-0.15, -0.1) is 6.42 Å². The van der Waals surface area contributed by atoms with Crippen LogP contribution in [0.25, 0.3) is 0 Å². The molecule has 0 fully saturated rings. The molecule has 0 saturated carbocycles. The number of nitrogens with one attached hydrogen (secondary N) is 1. The monoisotopic (exact) mass is 309 g/mol. The summed E-state index contributed by atoms with van der Waals surface area (Å²) < 4.78 is 6.18. The first-order chi connectivity index (χ1) is 8.49. The average molecular weight is 310 g/mol. The zero-order valence-electron chi connectivity index (χ0n) is 11.3. The zero-order chi connectivity index (χ0) is 13.7. The molecule has 0 spiro atoms. The number of terminal acetylenes is 1. The lowest BCUT2D eigenvalue weighted by atomic mass is 10.0. The minimum Gasteiger partial charge on any atom is -0.496 e. The molecular formula is C15H20BrNO. The van der Waals surface area contributed by atoms with Crippen LogP contribution in [-0.4, -0.2) is 13.2 Å². The van der Waals surface area contributed by atoms with Gasteiger partial charge in [0.25, 0.3) is 0 Å². The quantitative estimate of drug-likeness (QED) is 0.836. The third-order valence-corrected chi connectivity index (χ3v) is 3.57. The number of rotatable bonds is 5. The second-order valence-corrected chi connectivity index (χ2v) is 5.53. The van der Waals surface area contributed by atoms with Crippen molar-refractivity contribution in [2.45, 2.75) is 32.9 Å². The predicted molar refractivity (Wildman–Crippen MR) is 79.7 cm³/mol. The smallest absolute Gasteiger partial charge is 0.133 e. The fraction of sp³-hybridized carbons (Fsp3) is 0.467. The summed E-state index contributed by atoms with van der Waals surface area (Å²) in [4.78, 5) is 0.